The third-order valence-electron chi connectivity index (χ3n) is 3.87. The number of carbonyl (C=O) groups excluding carboxylic acids is 1. The Morgan fingerprint density at radius 1 is 1.19 bits per heavy atom. The van der Waals surface area contributed by atoms with Crippen molar-refractivity contribution in [2.45, 2.75) is 20.4 Å². The monoisotopic (exact) mass is 408 g/mol. The molecule has 0 aliphatic carbocycles. The standard InChI is InChI=1S/C19H15Cl2FN2OS/c1-3-24-17(12-4-7-14(22)8-5-12)11(2)26-19(24)23-18(25)15-9-6-13(20)10-16(15)21/h4-10H,3H2,1-2H3. The zero-order valence-corrected chi connectivity index (χ0v) is 16.4. The Morgan fingerprint density at radius 2 is 1.88 bits per heavy atom. The third-order valence-corrected chi connectivity index (χ3v) is 5.41. The first kappa shape index (κ1) is 18.8. The van der Waals surface area contributed by atoms with Gasteiger partial charge in [0.15, 0.2) is 4.80 Å². The number of hydrogen-bond donors (Lipinski definition) is 0. The zero-order valence-electron chi connectivity index (χ0n) is 14.1. The summed E-state index contributed by atoms with van der Waals surface area (Å²) < 4.78 is 15.2. The van der Waals surface area contributed by atoms with E-state index in [-0.39, 0.29) is 10.8 Å². The second-order valence-corrected chi connectivity index (χ2v) is 7.61. The molecule has 0 spiro atoms. The topological polar surface area (TPSA) is 34.4 Å². The molecule has 134 valence electrons. The number of aryl methyl sites for hydroxylation is 1. The molecule has 0 N–H and O–H groups in total. The highest BCUT2D eigenvalue weighted by Crippen LogP contribution is 2.26. The molecule has 1 amide bonds. The first-order chi connectivity index (χ1) is 12.4. The third kappa shape index (κ3) is 3.75. The number of thiazole rings is 1. The summed E-state index contributed by atoms with van der Waals surface area (Å²) in [6.07, 6.45) is 0. The van der Waals surface area contributed by atoms with Gasteiger partial charge >= 0.3 is 0 Å². The Hall–Kier alpha value is -1.95. The molecule has 7 heteroatoms. The maximum absolute atomic E-state index is 13.2. The van der Waals surface area contributed by atoms with Crippen LogP contribution >= 0.6 is 34.5 Å². The molecule has 0 radical (unpaired) electrons. The molecule has 3 aromatic rings. The van der Waals surface area contributed by atoms with Crippen LogP contribution in [0.5, 0.6) is 0 Å². The van der Waals surface area contributed by atoms with Crippen molar-refractivity contribution in [1.82, 2.24) is 4.57 Å². The van der Waals surface area contributed by atoms with Gasteiger partial charge in [-0.25, -0.2) is 4.39 Å². The van der Waals surface area contributed by atoms with Crippen molar-refractivity contribution in [2.75, 3.05) is 0 Å². The van der Waals surface area contributed by atoms with E-state index in [1.54, 1.807) is 24.3 Å². The molecule has 1 heterocycles. The van der Waals surface area contributed by atoms with Gasteiger partial charge in [0.2, 0.25) is 0 Å². The van der Waals surface area contributed by atoms with Crippen molar-refractivity contribution in [2.24, 2.45) is 4.99 Å². The van der Waals surface area contributed by atoms with E-state index in [2.05, 4.69) is 4.99 Å². The molecule has 0 saturated heterocycles. The van der Waals surface area contributed by atoms with Crippen molar-refractivity contribution in [1.29, 1.82) is 0 Å². The number of carbonyl (C=O) groups is 1. The van der Waals surface area contributed by atoms with E-state index in [0.29, 0.717) is 21.9 Å². The fraction of sp³-hybridized carbons (Fsp3) is 0.158. The van der Waals surface area contributed by atoms with E-state index in [9.17, 15) is 9.18 Å². The second-order valence-electron chi connectivity index (χ2n) is 5.58. The van der Waals surface area contributed by atoms with Crippen molar-refractivity contribution >= 4 is 40.4 Å². The van der Waals surface area contributed by atoms with Gasteiger partial charge in [0.1, 0.15) is 5.82 Å². The minimum absolute atomic E-state index is 0.265. The second kappa shape index (κ2) is 7.74. The summed E-state index contributed by atoms with van der Waals surface area (Å²) in [5, 5.41) is 0.724. The van der Waals surface area contributed by atoms with Gasteiger partial charge in [0.05, 0.1) is 16.3 Å². The molecular formula is C19H15Cl2FN2OS. The summed E-state index contributed by atoms with van der Waals surface area (Å²) in [5.41, 5.74) is 2.10. The quantitative estimate of drug-likeness (QED) is 0.544. The molecule has 0 aliphatic rings. The molecule has 1 aromatic heterocycles. The summed E-state index contributed by atoms with van der Waals surface area (Å²) in [7, 11) is 0. The molecule has 2 aromatic carbocycles. The normalized spacial score (nSPS) is 11.8. The maximum Gasteiger partial charge on any atom is 0.281 e. The largest absolute Gasteiger partial charge is 0.316 e. The zero-order chi connectivity index (χ0) is 18.8. The molecule has 3 rings (SSSR count). The van der Waals surface area contributed by atoms with Crippen LogP contribution in [0.4, 0.5) is 4.39 Å². The number of hydrogen-bond acceptors (Lipinski definition) is 2. The van der Waals surface area contributed by atoms with Crippen LogP contribution in [0.2, 0.25) is 10.0 Å². The summed E-state index contributed by atoms with van der Waals surface area (Å²) in [4.78, 5) is 18.4. The maximum atomic E-state index is 13.2. The van der Waals surface area contributed by atoms with E-state index in [0.717, 1.165) is 16.1 Å². The van der Waals surface area contributed by atoms with E-state index >= 15 is 0 Å². The minimum atomic E-state index is -0.430. The van der Waals surface area contributed by atoms with Crippen molar-refractivity contribution in [3.05, 3.63) is 73.6 Å². The Bertz CT molecular complexity index is 1040. The average molecular weight is 409 g/mol. The summed E-state index contributed by atoms with van der Waals surface area (Å²) in [6, 6.07) is 11.0. The molecule has 0 aliphatic heterocycles. The smallest absolute Gasteiger partial charge is 0.281 e. The van der Waals surface area contributed by atoms with Crippen LogP contribution in [-0.4, -0.2) is 10.5 Å². The lowest BCUT2D eigenvalue weighted by Crippen LogP contribution is -2.17. The summed E-state index contributed by atoms with van der Waals surface area (Å²) in [5.74, 6) is -0.720. The van der Waals surface area contributed by atoms with Gasteiger partial charge in [-0.3, -0.25) is 4.79 Å². The van der Waals surface area contributed by atoms with Crippen LogP contribution < -0.4 is 4.80 Å². The molecule has 0 unspecified atom stereocenters. The Morgan fingerprint density at radius 3 is 2.50 bits per heavy atom. The van der Waals surface area contributed by atoms with Crippen molar-refractivity contribution in [3.8, 4) is 11.3 Å². The average Bonchev–Trinajstić information content (AvgIpc) is 2.90. The van der Waals surface area contributed by atoms with Crippen LogP contribution in [0.15, 0.2) is 47.5 Å². The highest BCUT2D eigenvalue weighted by Gasteiger charge is 2.15. The number of halogens is 3. The fourth-order valence-corrected chi connectivity index (χ4v) is 4.23. The van der Waals surface area contributed by atoms with E-state index in [4.69, 9.17) is 23.2 Å². The molecule has 3 nitrogen and oxygen atoms in total. The lowest BCUT2D eigenvalue weighted by molar-refractivity contribution is 0.0998. The van der Waals surface area contributed by atoms with E-state index in [1.807, 2.05) is 18.4 Å². The van der Waals surface area contributed by atoms with Crippen LogP contribution in [0.1, 0.15) is 22.2 Å². The predicted molar refractivity (Wildman–Crippen MR) is 104 cm³/mol. The highest BCUT2D eigenvalue weighted by molar-refractivity contribution is 7.09. The molecule has 26 heavy (non-hydrogen) atoms. The fourth-order valence-electron chi connectivity index (χ4n) is 2.68. The van der Waals surface area contributed by atoms with Gasteiger partial charge in [-0.1, -0.05) is 23.2 Å². The van der Waals surface area contributed by atoms with Gasteiger partial charge in [-0.15, -0.1) is 11.3 Å². The highest BCUT2D eigenvalue weighted by atomic mass is 35.5. The molecular weight excluding hydrogens is 394 g/mol. The number of benzene rings is 2. The van der Waals surface area contributed by atoms with Gasteiger partial charge in [0.25, 0.3) is 5.91 Å². The summed E-state index contributed by atoms with van der Waals surface area (Å²) in [6.45, 7) is 4.55. The van der Waals surface area contributed by atoms with Crippen LogP contribution in [0.25, 0.3) is 11.3 Å². The van der Waals surface area contributed by atoms with Gasteiger partial charge in [-0.2, -0.15) is 4.99 Å². The summed E-state index contributed by atoms with van der Waals surface area (Å²) >= 11 is 13.4. The van der Waals surface area contributed by atoms with Crippen LogP contribution in [0, 0.1) is 12.7 Å². The number of amides is 1. The van der Waals surface area contributed by atoms with Gasteiger partial charge in [0, 0.05) is 16.4 Å². The molecule has 0 saturated carbocycles. The van der Waals surface area contributed by atoms with Crippen molar-refractivity contribution < 1.29 is 9.18 Å². The van der Waals surface area contributed by atoms with Crippen molar-refractivity contribution in [3.63, 3.8) is 0 Å². The molecule has 0 atom stereocenters. The van der Waals surface area contributed by atoms with Crippen LogP contribution in [0.3, 0.4) is 0 Å². The van der Waals surface area contributed by atoms with Crippen LogP contribution in [-0.2, 0) is 6.54 Å². The van der Waals surface area contributed by atoms with Gasteiger partial charge in [-0.05, 0) is 61.9 Å². The van der Waals surface area contributed by atoms with E-state index < -0.39 is 5.91 Å². The van der Waals surface area contributed by atoms with E-state index in [1.165, 1.54) is 29.5 Å². The SMILES string of the molecule is CCn1c(-c2ccc(F)cc2)c(C)sc1=NC(=O)c1ccc(Cl)cc1Cl. The molecule has 0 fully saturated rings. The first-order valence-corrected chi connectivity index (χ1v) is 9.48. The first-order valence-electron chi connectivity index (χ1n) is 7.91. The predicted octanol–water partition coefficient (Wildman–Crippen LogP) is 5.73. The number of aromatic nitrogens is 1. The number of nitrogens with zero attached hydrogens (tertiary/aromatic N) is 2. The lowest BCUT2D eigenvalue weighted by atomic mass is 10.1. The minimum Gasteiger partial charge on any atom is -0.316 e. The number of rotatable bonds is 3. The Balaban J connectivity index is 2.11. The molecule has 0 bridgehead atoms. The van der Waals surface area contributed by atoms with Gasteiger partial charge < -0.3 is 4.57 Å². The Kier molecular flexibility index (Phi) is 5.61. The Labute approximate surface area is 164 Å². The lowest BCUT2D eigenvalue weighted by Gasteiger charge is -2.07.